The van der Waals surface area contributed by atoms with Gasteiger partial charge in [-0.15, -0.1) is 0 Å². The molecule has 0 saturated carbocycles. The largest absolute Gasteiger partial charge is 0.383 e. The molecule has 0 spiro atoms. The zero-order valence-corrected chi connectivity index (χ0v) is 9.55. The molecule has 0 bridgehead atoms. The second-order valence-electron chi connectivity index (χ2n) is 3.55. The highest BCUT2D eigenvalue weighted by molar-refractivity contribution is 4.54. The lowest BCUT2D eigenvalue weighted by Crippen LogP contribution is -2.27. The molecule has 0 aliphatic carbocycles. The van der Waals surface area contributed by atoms with E-state index in [-0.39, 0.29) is 0 Å². The SMILES string of the molecule is CCN(C)CCCN(C)CCOC. The van der Waals surface area contributed by atoms with Gasteiger partial charge >= 0.3 is 0 Å². The number of rotatable bonds is 8. The highest BCUT2D eigenvalue weighted by Crippen LogP contribution is 1.90. The molecule has 0 atom stereocenters. The van der Waals surface area contributed by atoms with Gasteiger partial charge in [0.15, 0.2) is 0 Å². The van der Waals surface area contributed by atoms with Crippen LogP contribution in [0.4, 0.5) is 0 Å². The summed E-state index contributed by atoms with van der Waals surface area (Å²) in [6.45, 7) is 7.55. The fourth-order valence-corrected chi connectivity index (χ4v) is 1.13. The quantitative estimate of drug-likeness (QED) is 0.563. The summed E-state index contributed by atoms with van der Waals surface area (Å²) in [6, 6.07) is 0. The van der Waals surface area contributed by atoms with Crippen molar-refractivity contribution < 1.29 is 4.74 Å². The smallest absolute Gasteiger partial charge is 0.0589 e. The van der Waals surface area contributed by atoms with Gasteiger partial charge in [0.05, 0.1) is 6.61 Å². The molecule has 0 aromatic heterocycles. The van der Waals surface area contributed by atoms with Crippen molar-refractivity contribution in [2.24, 2.45) is 0 Å². The molecular weight excluding hydrogens is 164 g/mol. The molecule has 0 saturated heterocycles. The zero-order chi connectivity index (χ0) is 10.1. The van der Waals surface area contributed by atoms with E-state index in [9.17, 15) is 0 Å². The maximum Gasteiger partial charge on any atom is 0.0589 e. The first-order chi connectivity index (χ1) is 6.20. The van der Waals surface area contributed by atoms with Crippen LogP contribution in [-0.4, -0.2) is 63.8 Å². The number of hydrogen-bond donors (Lipinski definition) is 0. The van der Waals surface area contributed by atoms with Crippen LogP contribution >= 0.6 is 0 Å². The standard InChI is InChI=1S/C10H24N2O/c1-5-11(2)7-6-8-12(3)9-10-13-4/h5-10H2,1-4H3. The van der Waals surface area contributed by atoms with Crippen LogP contribution in [0, 0.1) is 0 Å². The maximum atomic E-state index is 5.01. The highest BCUT2D eigenvalue weighted by atomic mass is 16.5. The molecule has 80 valence electrons. The van der Waals surface area contributed by atoms with Gasteiger partial charge in [0.1, 0.15) is 0 Å². The molecule has 0 heterocycles. The average Bonchev–Trinajstić information content (AvgIpc) is 2.14. The summed E-state index contributed by atoms with van der Waals surface area (Å²) in [6.07, 6.45) is 1.24. The molecule has 0 N–H and O–H groups in total. The Hall–Kier alpha value is -0.120. The fourth-order valence-electron chi connectivity index (χ4n) is 1.13. The lowest BCUT2D eigenvalue weighted by Gasteiger charge is -2.18. The molecule has 3 heteroatoms. The summed E-state index contributed by atoms with van der Waals surface area (Å²) in [5.74, 6) is 0. The first-order valence-electron chi connectivity index (χ1n) is 5.06. The lowest BCUT2D eigenvalue weighted by molar-refractivity contribution is 0.158. The number of ether oxygens (including phenoxy) is 1. The number of nitrogens with zero attached hydrogens (tertiary/aromatic N) is 2. The zero-order valence-electron chi connectivity index (χ0n) is 9.55. The van der Waals surface area contributed by atoms with Gasteiger partial charge in [-0.3, -0.25) is 0 Å². The minimum absolute atomic E-state index is 0.833. The summed E-state index contributed by atoms with van der Waals surface area (Å²) in [7, 11) is 6.05. The van der Waals surface area contributed by atoms with Gasteiger partial charge in [0, 0.05) is 13.7 Å². The summed E-state index contributed by atoms with van der Waals surface area (Å²) in [5, 5.41) is 0. The predicted octanol–water partition coefficient (Wildman–Crippen LogP) is 0.906. The Morgan fingerprint density at radius 2 is 1.62 bits per heavy atom. The molecule has 0 aromatic rings. The van der Waals surface area contributed by atoms with Crippen LogP contribution in [0.5, 0.6) is 0 Å². The molecule has 0 rings (SSSR count). The van der Waals surface area contributed by atoms with E-state index in [0.29, 0.717) is 0 Å². The van der Waals surface area contributed by atoms with Crippen molar-refractivity contribution in [2.75, 3.05) is 54.0 Å². The second-order valence-corrected chi connectivity index (χ2v) is 3.55. The molecule has 0 unspecified atom stereocenters. The Kier molecular flexibility index (Phi) is 8.40. The number of hydrogen-bond acceptors (Lipinski definition) is 3. The van der Waals surface area contributed by atoms with Crippen LogP contribution < -0.4 is 0 Å². The van der Waals surface area contributed by atoms with Gasteiger partial charge < -0.3 is 14.5 Å². The topological polar surface area (TPSA) is 15.7 Å². The second kappa shape index (κ2) is 8.48. The summed E-state index contributed by atoms with van der Waals surface area (Å²) in [5.41, 5.74) is 0. The van der Waals surface area contributed by atoms with E-state index in [4.69, 9.17) is 4.74 Å². The molecule has 13 heavy (non-hydrogen) atoms. The lowest BCUT2D eigenvalue weighted by atomic mass is 10.3. The summed E-state index contributed by atoms with van der Waals surface area (Å²) >= 11 is 0. The van der Waals surface area contributed by atoms with Crippen LogP contribution in [-0.2, 0) is 4.74 Å². The molecular formula is C10H24N2O. The van der Waals surface area contributed by atoms with Crippen LogP contribution in [0.2, 0.25) is 0 Å². The minimum Gasteiger partial charge on any atom is -0.383 e. The van der Waals surface area contributed by atoms with E-state index >= 15 is 0 Å². The van der Waals surface area contributed by atoms with E-state index in [1.807, 2.05) is 0 Å². The van der Waals surface area contributed by atoms with E-state index in [1.165, 1.54) is 13.0 Å². The van der Waals surface area contributed by atoms with Crippen molar-refractivity contribution in [1.82, 2.24) is 9.80 Å². The monoisotopic (exact) mass is 188 g/mol. The van der Waals surface area contributed by atoms with Gasteiger partial charge in [0.2, 0.25) is 0 Å². The van der Waals surface area contributed by atoms with E-state index in [0.717, 1.165) is 26.2 Å². The molecule has 0 amide bonds. The van der Waals surface area contributed by atoms with Gasteiger partial charge in [-0.05, 0) is 40.2 Å². The van der Waals surface area contributed by atoms with Crippen LogP contribution in [0.25, 0.3) is 0 Å². The van der Waals surface area contributed by atoms with Crippen molar-refractivity contribution in [3.8, 4) is 0 Å². The Bertz CT molecular complexity index is 109. The van der Waals surface area contributed by atoms with Gasteiger partial charge in [-0.2, -0.15) is 0 Å². The molecule has 0 aromatic carbocycles. The first-order valence-corrected chi connectivity index (χ1v) is 5.06. The van der Waals surface area contributed by atoms with E-state index < -0.39 is 0 Å². The Morgan fingerprint density at radius 3 is 2.15 bits per heavy atom. The molecule has 0 aliphatic rings. The Balaban J connectivity index is 3.21. The van der Waals surface area contributed by atoms with Crippen molar-refractivity contribution in [1.29, 1.82) is 0 Å². The fraction of sp³-hybridized carbons (Fsp3) is 1.00. The molecule has 0 fully saturated rings. The van der Waals surface area contributed by atoms with Crippen LogP contribution in [0.1, 0.15) is 13.3 Å². The van der Waals surface area contributed by atoms with Crippen molar-refractivity contribution in [2.45, 2.75) is 13.3 Å². The summed E-state index contributed by atoms with van der Waals surface area (Å²) in [4.78, 5) is 4.65. The maximum absolute atomic E-state index is 5.01. The van der Waals surface area contributed by atoms with Crippen LogP contribution in [0.3, 0.4) is 0 Å². The molecule has 3 nitrogen and oxygen atoms in total. The third kappa shape index (κ3) is 8.22. The van der Waals surface area contributed by atoms with E-state index in [2.05, 4.69) is 30.8 Å². The number of likely N-dealkylation sites (N-methyl/N-ethyl adjacent to an activating group) is 1. The van der Waals surface area contributed by atoms with Crippen molar-refractivity contribution >= 4 is 0 Å². The molecule has 0 radical (unpaired) electrons. The average molecular weight is 188 g/mol. The Labute approximate surface area is 82.7 Å². The third-order valence-electron chi connectivity index (χ3n) is 2.30. The normalized spacial score (nSPS) is 11.5. The van der Waals surface area contributed by atoms with Crippen molar-refractivity contribution in [3.05, 3.63) is 0 Å². The minimum atomic E-state index is 0.833. The van der Waals surface area contributed by atoms with Gasteiger partial charge in [0.25, 0.3) is 0 Å². The Morgan fingerprint density at radius 1 is 1.00 bits per heavy atom. The molecule has 0 aliphatic heterocycles. The third-order valence-corrected chi connectivity index (χ3v) is 2.30. The van der Waals surface area contributed by atoms with Crippen LogP contribution in [0.15, 0.2) is 0 Å². The highest BCUT2D eigenvalue weighted by Gasteiger charge is 1.98. The van der Waals surface area contributed by atoms with Crippen molar-refractivity contribution in [3.63, 3.8) is 0 Å². The predicted molar refractivity (Wildman–Crippen MR) is 57.2 cm³/mol. The van der Waals surface area contributed by atoms with E-state index in [1.54, 1.807) is 7.11 Å². The first kappa shape index (κ1) is 12.9. The van der Waals surface area contributed by atoms with Gasteiger partial charge in [-0.1, -0.05) is 6.92 Å². The summed E-state index contributed by atoms with van der Waals surface area (Å²) < 4.78 is 5.01. The van der Waals surface area contributed by atoms with Gasteiger partial charge in [-0.25, -0.2) is 0 Å². The number of methoxy groups -OCH3 is 1.